The molecule has 0 unspecified atom stereocenters. The number of hydrazone groups is 1. The number of benzene rings is 1. The van der Waals surface area contributed by atoms with Gasteiger partial charge < -0.3 is 10.3 Å². The van der Waals surface area contributed by atoms with Crippen LogP contribution in [0.1, 0.15) is 23.7 Å². The van der Waals surface area contributed by atoms with Crippen molar-refractivity contribution in [3.8, 4) is 0 Å². The van der Waals surface area contributed by atoms with Gasteiger partial charge in [0.15, 0.2) is 0 Å². The number of nitrogens with zero attached hydrogens (tertiary/aromatic N) is 2. The lowest BCUT2D eigenvalue weighted by atomic mass is 10.2. The maximum atomic E-state index is 12.1. The normalized spacial score (nSPS) is 13.9. The standard InChI is InChI=1S/C16H16N4O2/c1-11-7-9-20(19-11)13-4-2-12(3-5-13)16(22)18-14-10-17-8-6-15(14)21/h2-6,8,10H,7,9H2,1H3,(H,17,21)(H,18,22). The summed E-state index contributed by atoms with van der Waals surface area (Å²) in [5.41, 5.74) is 2.55. The van der Waals surface area contributed by atoms with Crippen molar-refractivity contribution in [3.05, 3.63) is 58.5 Å². The first-order chi connectivity index (χ1) is 10.6. The van der Waals surface area contributed by atoms with Crippen LogP contribution in [-0.4, -0.2) is 23.1 Å². The minimum absolute atomic E-state index is 0.231. The van der Waals surface area contributed by atoms with Gasteiger partial charge in [-0.15, -0.1) is 0 Å². The lowest BCUT2D eigenvalue weighted by molar-refractivity contribution is 0.102. The quantitative estimate of drug-likeness (QED) is 0.911. The summed E-state index contributed by atoms with van der Waals surface area (Å²) in [6, 6.07) is 8.53. The van der Waals surface area contributed by atoms with E-state index in [1.165, 1.54) is 18.5 Å². The smallest absolute Gasteiger partial charge is 0.255 e. The van der Waals surface area contributed by atoms with E-state index in [1.54, 1.807) is 12.1 Å². The van der Waals surface area contributed by atoms with Gasteiger partial charge in [-0.05, 0) is 31.2 Å². The number of carbonyl (C=O) groups excluding carboxylic acids is 1. The first kappa shape index (κ1) is 14.1. The van der Waals surface area contributed by atoms with Gasteiger partial charge in [0.25, 0.3) is 5.91 Å². The first-order valence-corrected chi connectivity index (χ1v) is 7.03. The molecule has 1 aliphatic rings. The zero-order chi connectivity index (χ0) is 15.5. The number of nitrogens with one attached hydrogen (secondary N) is 2. The lowest BCUT2D eigenvalue weighted by Crippen LogP contribution is -2.18. The highest BCUT2D eigenvalue weighted by Crippen LogP contribution is 2.20. The van der Waals surface area contributed by atoms with E-state index in [-0.39, 0.29) is 17.0 Å². The topological polar surface area (TPSA) is 77.6 Å². The van der Waals surface area contributed by atoms with E-state index in [4.69, 9.17) is 0 Å². The van der Waals surface area contributed by atoms with E-state index in [2.05, 4.69) is 15.4 Å². The van der Waals surface area contributed by atoms with Crippen molar-refractivity contribution in [1.82, 2.24) is 4.98 Å². The van der Waals surface area contributed by atoms with Gasteiger partial charge in [-0.1, -0.05) is 0 Å². The Morgan fingerprint density at radius 1 is 1.27 bits per heavy atom. The summed E-state index contributed by atoms with van der Waals surface area (Å²) in [7, 11) is 0. The van der Waals surface area contributed by atoms with Crippen LogP contribution in [0.4, 0.5) is 11.4 Å². The number of hydrogen-bond donors (Lipinski definition) is 2. The maximum absolute atomic E-state index is 12.1. The Morgan fingerprint density at radius 2 is 2.05 bits per heavy atom. The number of rotatable bonds is 3. The molecule has 0 saturated heterocycles. The molecule has 22 heavy (non-hydrogen) atoms. The highest BCUT2D eigenvalue weighted by atomic mass is 16.2. The third-order valence-electron chi connectivity index (χ3n) is 3.48. The van der Waals surface area contributed by atoms with Crippen molar-refractivity contribution >= 4 is 23.0 Å². The van der Waals surface area contributed by atoms with Crippen molar-refractivity contribution in [2.24, 2.45) is 5.10 Å². The van der Waals surface area contributed by atoms with Crippen LogP contribution in [0.25, 0.3) is 0 Å². The van der Waals surface area contributed by atoms with Gasteiger partial charge in [-0.3, -0.25) is 14.6 Å². The molecule has 0 atom stereocenters. The molecule has 0 aliphatic carbocycles. The number of hydrogen-bond acceptors (Lipinski definition) is 4. The number of aromatic nitrogens is 1. The number of pyridine rings is 1. The Bertz CT molecular complexity index is 777. The van der Waals surface area contributed by atoms with Crippen molar-refractivity contribution in [3.63, 3.8) is 0 Å². The summed E-state index contributed by atoms with van der Waals surface area (Å²) < 4.78 is 0. The van der Waals surface area contributed by atoms with Crippen molar-refractivity contribution < 1.29 is 4.79 Å². The number of anilines is 2. The molecule has 1 amide bonds. The number of aromatic amines is 1. The SMILES string of the molecule is CC1=NN(c2ccc(C(=O)Nc3c[nH]ccc3=O)cc2)CC1. The largest absolute Gasteiger partial charge is 0.366 e. The summed E-state index contributed by atoms with van der Waals surface area (Å²) in [5, 5.41) is 8.93. The molecule has 2 heterocycles. The fraction of sp³-hybridized carbons (Fsp3) is 0.188. The average Bonchev–Trinajstić information content (AvgIpc) is 2.96. The van der Waals surface area contributed by atoms with E-state index < -0.39 is 0 Å². The Balaban J connectivity index is 1.74. The predicted octanol–water partition coefficient (Wildman–Crippen LogP) is 2.21. The maximum Gasteiger partial charge on any atom is 0.255 e. The second-order valence-corrected chi connectivity index (χ2v) is 5.13. The van der Waals surface area contributed by atoms with Gasteiger partial charge in [0.2, 0.25) is 5.43 Å². The van der Waals surface area contributed by atoms with Crippen molar-refractivity contribution in [1.29, 1.82) is 0 Å². The molecule has 0 saturated carbocycles. The fourth-order valence-electron chi connectivity index (χ4n) is 2.25. The second kappa shape index (κ2) is 5.85. The zero-order valence-corrected chi connectivity index (χ0v) is 12.2. The van der Waals surface area contributed by atoms with E-state index in [0.29, 0.717) is 5.56 Å². The third-order valence-corrected chi connectivity index (χ3v) is 3.48. The minimum atomic E-state index is -0.315. The summed E-state index contributed by atoms with van der Waals surface area (Å²) in [4.78, 5) is 26.5. The summed E-state index contributed by atoms with van der Waals surface area (Å²) in [6.45, 7) is 2.86. The van der Waals surface area contributed by atoms with Gasteiger partial charge >= 0.3 is 0 Å². The summed E-state index contributed by atoms with van der Waals surface area (Å²) >= 11 is 0. The molecule has 2 aromatic rings. The molecular weight excluding hydrogens is 280 g/mol. The second-order valence-electron chi connectivity index (χ2n) is 5.13. The van der Waals surface area contributed by atoms with Gasteiger partial charge in [0, 0.05) is 42.7 Å². The third kappa shape index (κ3) is 2.90. The number of amides is 1. The molecule has 0 radical (unpaired) electrons. The molecule has 6 heteroatoms. The van der Waals surface area contributed by atoms with Gasteiger partial charge in [0.1, 0.15) is 5.69 Å². The van der Waals surface area contributed by atoms with Crippen molar-refractivity contribution in [2.45, 2.75) is 13.3 Å². The first-order valence-electron chi connectivity index (χ1n) is 7.03. The molecule has 6 nitrogen and oxygen atoms in total. The van der Waals surface area contributed by atoms with Crippen LogP contribution in [0.2, 0.25) is 0 Å². The molecule has 3 rings (SSSR count). The average molecular weight is 296 g/mol. The molecule has 2 N–H and O–H groups in total. The Morgan fingerprint density at radius 3 is 2.68 bits per heavy atom. The lowest BCUT2D eigenvalue weighted by Gasteiger charge is -2.13. The molecule has 1 aliphatic heterocycles. The van der Waals surface area contributed by atoms with E-state index in [9.17, 15) is 9.59 Å². The van der Waals surface area contributed by atoms with Crippen LogP contribution in [-0.2, 0) is 0 Å². The molecule has 1 aromatic heterocycles. The number of H-pyrrole nitrogens is 1. The Labute approximate surface area is 127 Å². The Hall–Kier alpha value is -2.89. The van der Waals surface area contributed by atoms with E-state index >= 15 is 0 Å². The summed E-state index contributed by atoms with van der Waals surface area (Å²) in [5.74, 6) is -0.315. The van der Waals surface area contributed by atoms with E-state index in [1.807, 2.05) is 24.1 Å². The van der Waals surface area contributed by atoms with Crippen LogP contribution >= 0.6 is 0 Å². The van der Waals surface area contributed by atoms with Crippen LogP contribution in [0.3, 0.4) is 0 Å². The monoisotopic (exact) mass is 296 g/mol. The van der Waals surface area contributed by atoms with Crippen LogP contribution < -0.4 is 15.8 Å². The zero-order valence-electron chi connectivity index (χ0n) is 12.2. The highest BCUT2D eigenvalue weighted by Gasteiger charge is 2.14. The molecule has 0 spiro atoms. The van der Waals surface area contributed by atoms with Gasteiger partial charge in [-0.2, -0.15) is 5.10 Å². The van der Waals surface area contributed by atoms with Crippen molar-refractivity contribution in [2.75, 3.05) is 16.9 Å². The molecule has 112 valence electrons. The predicted molar refractivity (Wildman–Crippen MR) is 86.5 cm³/mol. The minimum Gasteiger partial charge on any atom is -0.366 e. The van der Waals surface area contributed by atoms with Gasteiger partial charge in [-0.25, -0.2) is 0 Å². The highest BCUT2D eigenvalue weighted by molar-refractivity contribution is 6.04. The van der Waals surface area contributed by atoms with Crippen LogP contribution in [0.15, 0.2) is 52.6 Å². The molecule has 0 bridgehead atoms. The Kier molecular flexibility index (Phi) is 3.74. The summed E-state index contributed by atoms with van der Waals surface area (Å²) in [6.07, 6.45) is 3.95. The van der Waals surface area contributed by atoms with Crippen LogP contribution in [0, 0.1) is 0 Å². The molecule has 1 aromatic carbocycles. The number of carbonyl (C=O) groups is 1. The van der Waals surface area contributed by atoms with Gasteiger partial charge in [0.05, 0.1) is 5.69 Å². The van der Waals surface area contributed by atoms with Crippen LogP contribution in [0.5, 0.6) is 0 Å². The molecular formula is C16H16N4O2. The molecule has 0 fully saturated rings. The van der Waals surface area contributed by atoms with E-state index in [0.717, 1.165) is 24.4 Å². The fourth-order valence-corrected chi connectivity index (χ4v) is 2.25.